The van der Waals surface area contributed by atoms with Crippen LogP contribution in [-0.4, -0.2) is 59.3 Å². The van der Waals surface area contributed by atoms with Gasteiger partial charge in [-0.15, -0.1) is 5.10 Å². The molecule has 0 aliphatic rings. The van der Waals surface area contributed by atoms with Crippen molar-refractivity contribution in [3.05, 3.63) is 11.9 Å². The molecule has 0 aliphatic heterocycles. The molecular weight excluding hydrogens is 242 g/mol. The molecule has 6 nitrogen and oxygen atoms in total. The van der Waals surface area contributed by atoms with Crippen LogP contribution in [0.15, 0.2) is 6.20 Å². The van der Waals surface area contributed by atoms with E-state index in [1.807, 2.05) is 10.9 Å². The minimum atomic E-state index is 0.514. The fourth-order valence-electron chi connectivity index (χ4n) is 1.85. The normalized spacial score (nSPS) is 11.7. The van der Waals surface area contributed by atoms with Crippen LogP contribution in [-0.2, 0) is 17.8 Å². The molecule has 0 aromatic carbocycles. The van der Waals surface area contributed by atoms with Gasteiger partial charge in [0.1, 0.15) is 0 Å². The molecule has 0 radical (unpaired) electrons. The molecule has 1 rings (SSSR count). The topological polar surface area (TPSA) is 55.2 Å². The summed E-state index contributed by atoms with van der Waals surface area (Å²) in [5, 5.41) is 11.5. The zero-order valence-corrected chi connectivity index (χ0v) is 12.6. The molecule has 0 aliphatic carbocycles. The van der Waals surface area contributed by atoms with Crippen molar-refractivity contribution in [2.75, 3.05) is 33.4 Å². The molecular formula is C13H27N5O. The maximum absolute atomic E-state index is 5.14. The minimum Gasteiger partial charge on any atom is -0.383 e. The molecule has 1 aromatic rings. The third-order valence-corrected chi connectivity index (χ3v) is 3.07. The lowest BCUT2D eigenvalue weighted by molar-refractivity contribution is 0.126. The van der Waals surface area contributed by atoms with Gasteiger partial charge in [0.2, 0.25) is 0 Å². The number of ether oxygens (including phenoxy) is 1. The Bertz CT molecular complexity index is 340. The maximum atomic E-state index is 5.14. The molecule has 1 N–H and O–H groups in total. The van der Waals surface area contributed by atoms with E-state index < -0.39 is 0 Å². The van der Waals surface area contributed by atoms with Crippen LogP contribution < -0.4 is 5.32 Å². The van der Waals surface area contributed by atoms with Gasteiger partial charge >= 0.3 is 0 Å². The number of hydrogen-bond donors (Lipinski definition) is 1. The minimum absolute atomic E-state index is 0.514. The lowest BCUT2D eigenvalue weighted by atomic mass is 10.3. The van der Waals surface area contributed by atoms with Gasteiger partial charge in [0.05, 0.1) is 18.8 Å². The molecule has 1 aromatic heterocycles. The van der Waals surface area contributed by atoms with Gasteiger partial charge in [0, 0.05) is 39.0 Å². The standard InChI is InChI=1S/C13H27N5O/c1-5-14-10-13-11-18(16-15-13)7-6-17(12(2)3)8-9-19-4/h11-12,14H,5-10H2,1-4H3. The number of hydrogen-bond acceptors (Lipinski definition) is 5. The van der Waals surface area contributed by atoms with E-state index in [2.05, 4.69) is 41.3 Å². The van der Waals surface area contributed by atoms with E-state index in [-0.39, 0.29) is 0 Å². The van der Waals surface area contributed by atoms with E-state index in [1.54, 1.807) is 7.11 Å². The second-order valence-corrected chi connectivity index (χ2v) is 4.88. The lowest BCUT2D eigenvalue weighted by Crippen LogP contribution is -2.36. The summed E-state index contributed by atoms with van der Waals surface area (Å²) in [5.41, 5.74) is 0.995. The van der Waals surface area contributed by atoms with Crippen LogP contribution in [0.3, 0.4) is 0 Å². The summed E-state index contributed by atoms with van der Waals surface area (Å²) >= 11 is 0. The van der Waals surface area contributed by atoms with E-state index >= 15 is 0 Å². The van der Waals surface area contributed by atoms with Crippen LogP contribution in [0.25, 0.3) is 0 Å². The molecule has 0 saturated carbocycles. The molecule has 0 saturated heterocycles. The molecule has 0 unspecified atom stereocenters. The third-order valence-electron chi connectivity index (χ3n) is 3.07. The number of nitrogens with zero attached hydrogens (tertiary/aromatic N) is 4. The van der Waals surface area contributed by atoms with Gasteiger partial charge in [0.25, 0.3) is 0 Å². The molecule has 1 heterocycles. The van der Waals surface area contributed by atoms with E-state index in [0.29, 0.717) is 6.04 Å². The van der Waals surface area contributed by atoms with Crippen LogP contribution in [0.1, 0.15) is 26.5 Å². The summed E-state index contributed by atoms with van der Waals surface area (Å²) in [6, 6.07) is 0.514. The largest absolute Gasteiger partial charge is 0.383 e. The second kappa shape index (κ2) is 9.01. The summed E-state index contributed by atoms with van der Waals surface area (Å²) in [4.78, 5) is 2.38. The zero-order chi connectivity index (χ0) is 14.1. The number of nitrogens with one attached hydrogen (secondary N) is 1. The van der Waals surface area contributed by atoms with Gasteiger partial charge in [-0.25, -0.2) is 0 Å². The summed E-state index contributed by atoms with van der Waals surface area (Å²) in [7, 11) is 1.74. The van der Waals surface area contributed by atoms with Crippen molar-refractivity contribution in [3.63, 3.8) is 0 Å². The predicted octanol–water partition coefficient (Wildman–Crippen LogP) is 0.744. The van der Waals surface area contributed by atoms with E-state index in [1.165, 1.54) is 0 Å². The smallest absolute Gasteiger partial charge is 0.0964 e. The molecule has 0 bridgehead atoms. The molecule has 0 fully saturated rings. The summed E-state index contributed by atoms with van der Waals surface area (Å²) in [5.74, 6) is 0. The van der Waals surface area contributed by atoms with E-state index in [0.717, 1.165) is 45.0 Å². The maximum Gasteiger partial charge on any atom is 0.0964 e. The number of aromatic nitrogens is 3. The van der Waals surface area contributed by atoms with Crippen molar-refractivity contribution >= 4 is 0 Å². The Morgan fingerprint density at radius 1 is 1.42 bits per heavy atom. The van der Waals surface area contributed by atoms with Crippen LogP contribution in [0.5, 0.6) is 0 Å². The first-order valence-electron chi connectivity index (χ1n) is 7.00. The van der Waals surface area contributed by atoms with Crippen molar-refractivity contribution < 1.29 is 4.74 Å². The first-order valence-corrected chi connectivity index (χ1v) is 7.00. The SMILES string of the molecule is CCNCc1cn(CCN(CCOC)C(C)C)nn1. The van der Waals surface area contributed by atoms with Gasteiger partial charge in [-0.05, 0) is 20.4 Å². The lowest BCUT2D eigenvalue weighted by Gasteiger charge is -2.25. The molecule has 0 atom stereocenters. The molecule has 0 amide bonds. The molecule has 0 spiro atoms. The van der Waals surface area contributed by atoms with Crippen LogP contribution in [0.4, 0.5) is 0 Å². The van der Waals surface area contributed by atoms with Crippen molar-refractivity contribution in [1.29, 1.82) is 0 Å². The van der Waals surface area contributed by atoms with Crippen LogP contribution >= 0.6 is 0 Å². The summed E-state index contributed by atoms with van der Waals surface area (Å²) in [6.07, 6.45) is 2.01. The van der Waals surface area contributed by atoms with Gasteiger partial charge in [-0.3, -0.25) is 9.58 Å². The fourth-order valence-corrected chi connectivity index (χ4v) is 1.85. The van der Waals surface area contributed by atoms with Gasteiger partial charge < -0.3 is 10.1 Å². The Kier molecular flexibility index (Phi) is 7.62. The van der Waals surface area contributed by atoms with Crippen molar-refractivity contribution in [2.24, 2.45) is 0 Å². The van der Waals surface area contributed by atoms with Crippen LogP contribution in [0.2, 0.25) is 0 Å². The highest BCUT2D eigenvalue weighted by atomic mass is 16.5. The van der Waals surface area contributed by atoms with Gasteiger partial charge in [0.15, 0.2) is 0 Å². The molecule has 19 heavy (non-hydrogen) atoms. The van der Waals surface area contributed by atoms with Crippen LogP contribution in [0, 0.1) is 0 Å². The average Bonchev–Trinajstić information content (AvgIpc) is 2.84. The van der Waals surface area contributed by atoms with Crippen molar-refractivity contribution in [1.82, 2.24) is 25.2 Å². The monoisotopic (exact) mass is 269 g/mol. The highest BCUT2D eigenvalue weighted by molar-refractivity contribution is 4.91. The van der Waals surface area contributed by atoms with Crippen molar-refractivity contribution in [3.8, 4) is 0 Å². The number of rotatable bonds is 10. The van der Waals surface area contributed by atoms with Crippen molar-refractivity contribution in [2.45, 2.75) is 39.9 Å². The highest BCUT2D eigenvalue weighted by Gasteiger charge is 2.09. The van der Waals surface area contributed by atoms with Gasteiger partial charge in [-0.1, -0.05) is 12.1 Å². The third kappa shape index (κ3) is 6.13. The first-order chi connectivity index (χ1) is 9.17. The summed E-state index contributed by atoms with van der Waals surface area (Å²) < 4.78 is 7.05. The Morgan fingerprint density at radius 3 is 2.84 bits per heavy atom. The van der Waals surface area contributed by atoms with E-state index in [9.17, 15) is 0 Å². The Balaban J connectivity index is 2.38. The Labute approximate surface area is 116 Å². The van der Waals surface area contributed by atoms with E-state index in [4.69, 9.17) is 4.74 Å². The quantitative estimate of drug-likeness (QED) is 0.679. The second-order valence-electron chi connectivity index (χ2n) is 4.88. The molecule has 6 heteroatoms. The first kappa shape index (κ1) is 16.1. The Hall–Kier alpha value is -0.980. The summed E-state index contributed by atoms with van der Waals surface area (Å²) in [6.45, 7) is 11.8. The zero-order valence-electron chi connectivity index (χ0n) is 12.6. The fraction of sp³-hybridized carbons (Fsp3) is 0.846. The van der Waals surface area contributed by atoms with Gasteiger partial charge in [-0.2, -0.15) is 0 Å². The number of methoxy groups -OCH3 is 1. The highest BCUT2D eigenvalue weighted by Crippen LogP contribution is 2.00. The Morgan fingerprint density at radius 2 is 2.21 bits per heavy atom. The molecule has 110 valence electrons. The average molecular weight is 269 g/mol. The predicted molar refractivity (Wildman–Crippen MR) is 76.0 cm³/mol.